The summed E-state index contributed by atoms with van der Waals surface area (Å²) in [7, 11) is 0. The van der Waals surface area contributed by atoms with Gasteiger partial charge in [0.05, 0.1) is 6.42 Å². The normalized spacial score (nSPS) is 12.6. The van der Waals surface area contributed by atoms with Crippen LogP contribution >= 0.6 is 15.9 Å². The second kappa shape index (κ2) is 6.74. The Kier molecular flexibility index (Phi) is 5.56. The smallest absolute Gasteiger partial charge is 0.305 e. The van der Waals surface area contributed by atoms with Gasteiger partial charge in [-0.3, -0.25) is 9.59 Å². The number of carbonyl (C=O) groups is 2. The molecule has 1 aromatic rings. The number of carboxylic acid groups (broad SMARTS) is 1. The number of rotatable bonds is 6. The van der Waals surface area contributed by atoms with Crippen LogP contribution in [-0.2, 0) is 9.59 Å². The van der Waals surface area contributed by atoms with Crippen LogP contribution in [0.4, 0.5) is 0 Å². The minimum Gasteiger partial charge on any atom is -0.481 e. The van der Waals surface area contributed by atoms with Crippen molar-refractivity contribution in [3.63, 3.8) is 0 Å². The number of amides is 1. The topological polar surface area (TPSA) is 75.6 Å². The second-order valence-corrected chi connectivity index (χ2v) is 6.07. The van der Waals surface area contributed by atoms with Crippen molar-refractivity contribution < 1.29 is 19.4 Å². The standard InChI is InChI=1S/C14H18BrNO4/c1-9(20-11-6-4-10(15)5-7-11)13(19)16-14(2,3)8-12(17)18/h4-7,9H,8H2,1-3H3,(H,16,19)(H,17,18). The molecule has 0 bridgehead atoms. The van der Waals surface area contributed by atoms with Crippen molar-refractivity contribution in [2.24, 2.45) is 0 Å². The van der Waals surface area contributed by atoms with E-state index in [1.165, 1.54) is 0 Å². The Morgan fingerprint density at radius 3 is 2.40 bits per heavy atom. The lowest BCUT2D eigenvalue weighted by molar-refractivity contribution is -0.139. The zero-order valence-electron chi connectivity index (χ0n) is 11.6. The Labute approximate surface area is 126 Å². The molecule has 1 rings (SSSR count). The molecule has 0 aliphatic heterocycles. The zero-order chi connectivity index (χ0) is 15.3. The van der Waals surface area contributed by atoms with Gasteiger partial charge in [0.25, 0.3) is 5.91 Å². The Morgan fingerprint density at radius 2 is 1.90 bits per heavy atom. The molecule has 0 fully saturated rings. The van der Waals surface area contributed by atoms with Gasteiger partial charge in [-0.05, 0) is 45.0 Å². The summed E-state index contributed by atoms with van der Waals surface area (Å²) in [4.78, 5) is 22.7. The first kappa shape index (κ1) is 16.5. The lowest BCUT2D eigenvalue weighted by atomic mass is 10.0. The molecular weight excluding hydrogens is 326 g/mol. The molecule has 110 valence electrons. The van der Waals surface area contributed by atoms with E-state index in [0.29, 0.717) is 5.75 Å². The van der Waals surface area contributed by atoms with Crippen LogP contribution in [0.1, 0.15) is 27.2 Å². The van der Waals surface area contributed by atoms with Gasteiger partial charge in [-0.1, -0.05) is 15.9 Å². The van der Waals surface area contributed by atoms with Crippen molar-refractivity contribution in [2.45, 2.75) is 38.8 Å². The number of ether oxygens (including phenoxy) is 1. The number of aliphatic carboxylic acids is 1. The first-order valence-corrected chi connectivity index (χ1v) is 6.95. The molecule has 0 aliphatic rings. The van der Waals surface area contributed by atoms with Crippen molar-refractivity contribution >= 4 is 27.8 Å². The molecule has 0 aromatic heterocycles. The third kappa shape index (κ3) is 5.61. The third-order valence-corrected chi connectivity index (χ3v) is 3.08. The SMILES string of the molecule is CC(Oc1ccc(Br)cc1)C(=O)NC(C)(C)CC(=O)O. The average Bonchev–Trinajstić information content (AvgIpc) is 2.29. The molecule has 0 heterocycles. The minimum absolute atomic E-state index is 0.149. The van der Waals surface area contributed by atoms with Gasteiger partial charge in [0.2, 0.25) is 0 Å². The van der Waals surface area contributed by atoms with E-state index >= 15 is 0 Å². The molecule has 2 N–H and O–H groups in total. The minimum atomic E-state index is -0.961. The summed E-state index contributed by atoms with van der Waals surface area (Å²) >= 11 is 3.31. The fourth-order valence-electron chi connectivity index (χ4n) is 1.63. The van der Waals surface area contributed by atoms with E-state index in [0.717, 1.165) is 4.47 Å². The molecule has 6 heteroatoms. The quantitative estimate of drug-likeness (QED) is 0.832. The lowest BCUT2D eigenvalue weighted by Gasteiger charge is -2.26. The lowest BCUT2D eigenvalue weighted by Crippen LogP contribution is -2.49. The molecule has 1 unspecified atom stereocenters. The number of hydrogen-bond acceptors (Lipinski definition) is 3. The molecule has 20 heavy (non-hydrogen) atoms. The van der Waals surface area contributed by atoms with Crippen LogP contribution in [0.2, 0.25) is 0 Å². The van der Waals surface area contributed by atoms with Gasteiger partial charge in [-0.15, -0.1) is 0 Å². The maximum Gasteiger partial charge on any atom is 0.305 e. The molecule has 0 spiro atoms. The first-order valence-electron chi connectivity index (χ1n) is 6.16. The summed E-state index contributed by atoms with van der Waals surface area (Å²) in [5.41, 5.74) is -0.819. The number of benzene rings is 1. The van der Waals surface area contributed by atoms with Gasteiger partial charge >= 0.3 is 5.97 Å². The van der Waals surface area contributed by atoms with Gasteiger partial charge < -0.3 is 15.2 Å². The van der Waals surface area contributed by atoms with Crippen molar-refractivity contribution in [2.75, 3.05) is 0 Å². The van der Waals surface area contributed by atoms with Crippen molar-refractivity contribution in [1.82, 2.24) is 5.32 Å². The number of carboxylic acids is 1. The summed E-state index contributed by atoms with van der Waals surface area (Å²) in [6.07, 6.45) is -0.853. The summed E-state index contributed by atoms with van der Waals surface area (Å²) in [5.74, 6) is -0.733. The van der Waals surface area contributed by atoms with Gasteiger partial charge in [0, 0.05) is 10.0 Å². The second-order valence-electron chi connectivity index (χ2n) is 5.16. The summed E-state index contributed by atoms with van der Waals surface area (Å²) < 4.78 is 6.42. The number of nitrogens with one attached hydrogen (secondary N) is 1. The van der Waals surface area contributed by atoms with Crippen LogP contribution in [0.25, 0.3) is 0 Å². The molecule has 5 nitrogen and oxygen atoms in total. The van der Waals surface area contributed by atoms with E-state index in [1.54, 1.807) is 32.9 Å². The molecule has 0 aliphatic carbocycles. The van der Waals surface area contributed by atoms with Crippen LogP contribution in [0.5, 0.6) is 5.75 Å². The predicted octanol–water partition coefficient (Wildman–Crippen LogP) is 2.59. The largest absolute Gasteiger partial charge is 0.481 e. The average molecular weight is 344 g/mol. The number of hydrogen-bond donors (Lipinski definition) is 2. The molecule has 1 atom stereocenters. The maximum absolute atomic E-state index is 12.0. The summed E-state index contributed by atoms with van der Waals surface area (Å²) in [6.45, 7) is 4.94. The van der Waals surface area contributed by atoms with Gasteiger partial charge in [-0.2, -0.15) is 0 Å². The third-order valence-electron chi connectivity index (χ3n) is 2.55. The van der Waals surface area contributed by atoms with Crippen molar-refractivity contribution in [3.8, 4) is 5.75 Å². The Balaban J connectivity index is 2.58. The highest BCUT2D eigenvalue weighted by molar-refractivity contribution is 9.10. The molecule has 0 saturated carbocycles. The fraction of sp³-hybridized carbons (Fsp3) is 0.429. The highest BCUT2D eigenvalue weighted by atomic mass is 79.9. The monoisotopic (exact) mass is 343 g/mol. The van der Waals surface area contributed by atoms with Crippen LogP contribution in [-0.4, -0.2) is 28.6 Å². The zero-order valence-corrected chi connectivity index (χ0v) is 13.2. The molecular formula is C14H18BrNO4. The van der Waals surface area contributed by atoms with E-state index in [1.807, 2.05) is 12.1 Å². The highest BCUT2D eigenvalue weighted by Crippen LogP contribution is 2.17. The van der Waals surface area contributed by atoms with Crippen LogP contribution in [0.15, 0.2) is 28.7 Å². The predicted molar refractivity (Wildman–Crippen MR) is 78.7 cm³/mol. The molecule has 0 radical (unpaired) electrons. The van der Waals surface area contributed by atoms with E-state index in [-0.39, 0.29) is 12.3 Å². The van der Waals surface area contributed by atoms with Crippen LogP contribution < -0.4 is 10.1 Å². The van der Waals surface area contributed by atoms with E-state index in [2.05, 4.69) is 21.2 Å². The van der Waals surface area contributed by atoms with Crippen molar-refractivity contribution in [3.05, 3.63) is 28.7 Å². The first-order chi connectivity index (χ1) is 9.19. The van der Waals surface area contributed by atoms with Gasteiger partial charge in [0.15, 0.2) is 6.10 Å². The number of halogens is 1. The maximum atomic E-state index is 12.0. The Hall–Kier alpha value is -1.56. The van der Waals surface area contributed by atoms with E-state index < -0.39 is 17.6 Å². The molecule has 0 saturated heterocycles. The Morgan fingerprint density at radius 1 is 1.35 bits per heavy atom. The fourth-order valence-corrected chi connectivity index (χ4v) is 1.89. The van der Waals surface area contributed by atoms with Crippen molar-refractivity contribution in [1.29, 1.82) is 0 Å². The summed E-state index contributed by atoms with van der Waals surface area (Å²) in [6, 6.07) is 7.12. The van der Waals surface area contributed by atoms with Gasteiger partial charge in [0.1, 0.15) is 5.75 Å². The van der Waals surface area contributed by atoms with E-state index in [9.17, 15) is 9.59 Å². The van der Waals surface area contributed by atoms with Crippen LogP contribution in [0, 0.1) is 0 Å². The number of carbonyl (C=O) groups excluding carboxylic acids is 1. The van der Waals surface area contributed by atoms with Crippen LogP contribution in [0.3, 0.4) is 0 Å². The molecule has 1 aromatic carbocycles. The Bertz CT molecular complexity index is 484. The summed E-state index contributed by atoms with van der Waals surface area (Å²) in [5, 5.41) is 11.4. The highest BCUT2D eigenvalue weighted by Gasteiger charge is 2.26. The van der Waals surface area contributed by atoms with Gasteiger partial charge in [-0.25, -0.2) is 0 Å². The molecule has 1 amide bonds. The van der Waals surface area contributed by atoms with E-state index in [4.69, 9.17) is 9.84 Å².